The maximum absolute atomic E-state index is 12.6. The van der Waals surface area contributed by atoms with Crippen LogP contribution in [0.5, 0.6) is 0 Å². The second-order valence-corrected chi connectivity index (χ2v) is 7.80. The van der Waals surface area contributed by atoms with E-state index in [1.54, 1.807) is 0 Å². The van der Waals surface area contributed by atoms with Gasteiger partial charge in [-0.2, -0.15) is 0 Å². The minimum Gasteiger partial charge on any atom is -0.369 e. The summed E-state index contributed by atoms with van der Waals surface area (Å²) in [5.41, 5.74) is 4.11. The molecule has 1 aliphatic carbocycles. The molecule has 4 nitrogen and oxygen atoms in total. The normalized spacial score (nSPS) is 22.9. The monoisotopic (exact) mass is 363 g/mol. The molecule has 1 saturated heterocycles. The molecular formula is C23H29N3O. The molecule has 2 unspecified atom stereocenters. The van der Waals surface area contributed by atoms with Gasteiger partial charge in [0.05, 0.1) is 6.54 Å². The predicted octanol–water partition coefficient (Wildman–Crippen LogP) is 3.04. The van der Waals surface area contributed by atoms with Gasteiger partial charge in [0.1, 0.15) is 0 Å². The lowest BCUT2D eigenvalue weighted by Crippen LogP contribution is -2.51. The number of carbonyl (C=O) groups excluding carboxylic acids is 1. The number of hydrogen-bond acceptors (Lipinski definition) is 3. The van der Waals surface area contributed by atoms with Gasteiger partial charge in [0.2, 0.25) is 5.91 Å². The molecule has 1 N–H and O–H groups in total. The molecule has 0 bridgehead atoms. The lowest BCUT2D eigenvalue weighted by atomic mass is 9.80. The third kappa shape index (κ3) is 4.16. The van der Waals surface area contributed by atoms with Crippen LogP contribution in [0.2, 0.25) is 0 Å². The molecule has 0 radical (unpaired) electrons. The molecule has 1 amide bonds. The van der Waals surface area contributed by atoms with Crippen LogP contribution in [0.3, 0.4) is 0 Å². The van der Waals surface area contributed by atoms with Gasteiger partial charge in [-0.25, -0.2) is 0 Å². The number of nitrogens with one attached hydrogen (secondary N) is 1. The van der Waals surface area contributed by atoms with E-state index in [-0.39, 0.29) is 11.9 Å². The minimum absolute atomic E-state index is 0.166. The highest BCUT2D eigenvalue weighted by Crippen LogP contribution is 2.31. The quantitative estimate of drug-likeness (QED) is 0.907. The molecule has 2 aromatic carbocycles. The number of aryl methyl sites for hydroxylation is 1. The van der Waals surface area contributed by atoms with Crippen molar-refractivity contribution in [2.24, 2.45) is 0 Å². The molecule has 2 atom stereocenters. The maximum Gasteiger partial charge on any atom is 0.234 e. The third-order valence-corrected chi connectivity index (χ3v) is 6.08. The SMILES string of the molecule is CC1c2ccccc2CCC1NC(=O)CN1CCN(c2ccccc2)CC1. The Morgan fingerprint density at radius 3 is 2.48 bits per heavy atom. The molecule has 0 saturated carbocycles. The summed E-state index contributed by atoms with van der Waals surface area (Å²) >= 11 is 0. The zero-order chi connectivity index (χ0) is 18.6. The molecule has 0 spiro atoms. The van der Waals surface area contributed by atoms with Crippen LogP contribution < -0.4 is 10.2 Å². The Kier molecular flexibility index (Phi) is 5.44. The van der Waals surface area contributed by atoms with Crippen molar-refractivity contribution < 1.29 is 4.79 Å². The van der Waals surface area contributed by atoms with Gasteiger partial charge in [-0.1, -0.05) is 49.4 Å². The summed E-state index contributed by atoms with van der Waals surface area (Å²) in [6.07, 6.45) is 2.09. The van der Waals surface area contributed by atoms with Crippen LogP contribution >= 0.6 is 0 Å². The summed E-state index contributed by atoms with van der Waals surface area (Å²) < 4.78 is 0. The highest BCUT2D eigenvalue weighted by atomic mass is 16.2. The molecule has 27 heavy (non-hydrogen) atoms. The number of piperazine rings is 1. The summed E-state index contributed by atoms with van der Waals surface area (Å²) in [5.74, 6) is 0.549. The van der Waals surface area contributed by atoms with Crippen molar-refractivity contribution >= 4 is 11.6 Å². The average molecular weight is 364 g/mol. The lowest BCUT2D eigenvalue weighted by Gasteiger charge is -2.36. The van der Waals surface area contributed by atoms with Gasteiger partial charge in [0, 0.05) is 43.8 Å². The van der Waals surface area contributed by atoms with Crippen LogP contribution in [-0.4, -0.2) is 49.6 Å². The standard InChI is InChI=1S/C23H29N3O/c1-18-21-10-6-5-7-19(21)11-12-22(18)24-23(27)17-25-13-15-26(16-14-25)20-8-3-2-4-9-20/h2-10,18,22H,11-17H2,1H3,(H,24,27). The first-order valence-electron chi connectivity index (χ1n) is 10.1. The van der Waals surface area contributed by atoms with Crippen molar-refractivity contribution in [3.05, 3.63) is 65.7 Å². The number of carbonyl (C=O) groups is 1. The number of nitrogens with zero attached hydrogens (tertiary/aromatic N) is 2. The summed E-state index contributed by atoms with van der Waals surface area (Å²) in [4.78, 5) is 17.3. The predicted molar refractivity (Wildman–Crippen MR) is 110 cm³/mol. The van der Waals surface area contributed by atoms with Crippen LogP contribution in [0, 0.1) is 0 Å². The van der Waals surface area contributed by atoms with Crippen LogP contribution in [0.15, 0.2) is 54.6 Å². The largest absolute Gasteiger partial charge is 0.369 e. The summed E-state index contributed by atoms with van der Waals surface area (Å²) in [6, 6.07) is 19.4. The van der Waals surface area contributed by atoms with Gasteiger partial charge in [-0.3, -0.25) is 9.69 Å². The first kappa shape index (κ1) is 18.1. The van der Waals surface area contributed by atoms with Gasteiger partial charge < -0.3 is 10.2 Å². The molecule has 1 aliphatic heterocycles. The van der Waals surface area contributed by atoms with Crippen LogP contribution in [0.4, 0.5) is 5.69 Å². The molecular weight excluding hydrogens is 334 g/mol. The zero-order valence-corrected chi connectivity index (χ0v) is 16.1. The Balaban J connectivity index is 1.27. The second-order valence-electron chi connectivity index (χ2n) is 7.80. The van der Waals surface area contributed by atoms with E-state index in [0.29, 0.717) is 12.5 Å². The highest BCUT2D eigenvalue weighted by molar-refractivity contribution is 5.78. The van der Waals surface area contributed by atoms with Crippen molar-refractivity contribution in [1.82, 2.24) is 10.2 Å². The van der Waals surface area contributed by atoms with Gasteiger partial charge >= 0.3 is 0 Å². The number of fused-ring (bicyclic) bond motifs is 1. The van der Waals surface area contributed by atoms with Crippen LogP contribution in [-0.2, 0) is 11.2 Å². The van der Waals surface area contributed by atoms with E-state index in [0.717, 1.165) is 39.0 Å². The van der Waals surface area contributed by atoms with Gasteiger partial charge in [0.25, 0.3) is 0 Å². The van der Waals surface area contributed by atoms with E-state index in [1.165, 1.54) is 16.8 Å². The maximum atomic E-state index is 12.6. The first-order chi connectivity index (χ1) is 13.2. The molecule has 1 fully saturated rings. The topological polar surface area (TPSA) is 35.6 Å². The molecule has 2 aliphatic rings. The minimum atomic E-state index is 0.166. The van der Waals surface area contributed by atoms with E-state index in [2.05, 4.69) is 76.6 Å². The van der Waals surface area contributed by atoms with E-state index in [1.807, 2.05) is 0 Å². The van der Waals surface area contributed by atoms with Crippen molar-refractivity contribution in [3.8, 4) is 0 Å². The second kappa shape index (κ2) is 8.13. The summed E-state index contributed by atoms with van der Waals surface area (Å²) in [5, 5.41) is 3.31. The number of hydrogen-bond donors (Lipinski definition) is 1. The van der Waals surface area contributed by atoms with Crippen molar-refractivity contribution in [2.75, 3.05) is 37.6 Å². The molecule has 142 valence electrons. The molecule has 4 heteroatoms. The number of amides is 1. The average Bonchev–Trinajstić information content (AvgIpc) is 2.71. The van der Waals surface area contributed by atoms with Crippen molar-refractivity contribution in [3.63, 3.8) is 0 Å². The highest BCUT2D eigenvalue weighted by Gasteiger charge is 2.28. The van der Waals surface area contributed by atoms with Crippen LogP contribution in [0.25, 0.3) is 0 Å². The smallest absolute Gasteiger partial charge is 0.234 e. The number of benzene rings is 2. The Bertz CT molecular complexity index is 768. The number of anilines is 1. The fourth-order valence-corrected chi connectivity index (χ4v) is 4.44. The van der Waals surface area contributed by atoms with Crippen LogP contribution in [0.1, 0.15) is 30.4 Å². The fraction of sp³-hybridized carbons (Fsp3) is 0.435. The van der Waals surface area contributed by atoms with Crippen molar-refractivity contribution in [1.29, 1.82) is 0 Å². The van der Waals surface area contributed by atoms with Crippen molar-refractivity contribution in [2.45, 2.75) is 31.7 Å². The Hall–Kier alpha value is -2.33. The van der Waals surface area contributed by atoms with Gasteiger partial charge in [-0.15, -0.1) is 0 Å². The summed E-state index contributed by atoms with van der Waals surface area (Å²) in [6.45, 7) is 6.57. The molecule has 4 rings (SSSR count). The Morgan fingerprint density at radius 2 is 1.70 bits per heavy atom. The first-order valence-corrected chi connectivity index (χ1v) is 10.1. The van der Waals surface area contributed by atoms with E-state index >= 15 is 0 Å². The molecule has 1 heterocycles. The zero-order valence-electron chi connectivity index (χ0n) is 16.1. The Morgan fingerprint density at radius 1 is 1.00 bits per heavy atom. The molecule has 0 aromatic heterocycles. The number of para-hydroxylation sites is 1. The van der Waals surface area contributed by atoms with E-state index < -0.39 is 0 Å². The van der Waals surface area contributed by atoms with E-state index in [4.69, 9.17) is 0 Å². The van der Waals surface area contributed by atoms with Gasteiger partial charge in [-0.05, 0) is 36.1 Å². The fourth-order valence-electron chi connectivity index (χ4n) is 4.44. The Labute approximate surface area is 162 Å². The lowest BCUT2D eigenvalue weighted by molar-refractivity contribution is -0.123. The molecule has 2 aromatic rings. The van der Waals surface area contributed by atoms with E-state index in [9.17, 15) is 4.79 Å². The van der Waals surface area contributed by atoms with Gasteiger partial charge in [0.15, 0.2) is 0 Å². The number of rotatable bonds is 4. The summed E-state index contributed by atoms with van der Waals surface area (Å²) in [7, 11) is 0. The third-order valence-electron chi connectivity index (χ3n) is 6.08.